The molecule has 1 aromatic heterocycles. The van der Waals surface area contributed by atoms with Crippen LogP contribution < -0.4 is 10.6 Å². The van der Waals surface area contributed by atoms with Gasteiger partial charge >= 0.3 is 0 Å². The summed E-state index contributed by atoms with van der Waals surface area (Å²) in [6.07, 6.45) is 2.17. The predicted octanol–water partition coefficient (Wildman–Crippen LogP) is 5.31. The SMILES string of the molecule is CC.CC.CNCc1ccc(-c2scnc2C)c(F)c1.CSC(C)(C)C(NC(=O)C1(F)CC1)C(=O)N1C[C@H](O)CC1C=O. The van der Waals surface area contributed by atoms with Crippen molar-refractivity contribution < 1.29 is 28.3 Å². The van der Waals surface area contributed by atoms with E-state index in [0.717, 1.165) is 16.1 Å². The molecule has 2 fully saturated rings. The number of halogens is 2. The highest BCUT2D eigenvalue weighted by molar-refractivity contribution is 8.00. The summed E-state index contributed by atoms with van der Waals surface area (Å²) >= 11 is 2.84. The fourth-order valence-corrected chi connectivity index (χ4v) is 5.48. The van der Waals surface area contributed by atoms with Crippen molar-refractivity contribution in [3.63, 3.8) is 0 Å². The Balaban J connectivity index is 0.000000404. The molecule has 2 aromatic rings. The maximum Gasteiger partial charge on any atom is 0.258 e. The number of nitrogens with zero attached hydrogens (tertiary/aromatic N) is 2. The Morgan fingerprint density at radius 3 is 2.37 bits per heavy atom. The van der Waals surface area contributed by atoms with Crippen LogP contribution in [0.4, 0.5) is 8.78 Å². The Hall–Kier alpha value is -2.41. The largest absolute Gasteiger partial charge is 0.391 e. The number of aliphatic hydroxyl groups excluding tert-OH is 1. The Kier molecular flexibility index (Phi) is 16.0. The van der Waals surface area contributed by atoms with Crippen LogP contribution in [0.3, 0.4) is 0 Å². The molecule has 43 heavy (non-hydrogen) atoms. The average molecular weight is 643 g/mol. The van der Waals surface area contributed by atoms with Gasteiger partial charge in [0, 0.05) is 29.8 Å². The van der Waals surface area contributed by atoms with Gasteiger partial charge in [-0.1, -0.05) is 39.8 Å². The van der Waals surface area contributed by atoms with Gasteiger partial charge in [0.1, 0.15) is 18.1 Å². The van der Waals surface area contributed by atoms with Crippen molar-refractivity contribution in [2.24, 2.45) is 0 Å². The molecule has 2 heterocycles. The van der Waals surface area contributed by atoms with Crippen molar-refractivity contribution in [3.8, 4) is 10.4 Å². The van der Waals surface area contributed by atoms with E-state index in [2.05, 4.69) is 15.6 Å². The number of likely N-dealkylation sites (tertiary alicyclic amines) is 1. The van der Waals surface area contributed by atoms with Crippen molar-refractivity contribution >= 4 is 41.2 Å². The lowest BCUT2D eigenvalue weighted by Crippen LogP contribution is -2.59. The molecular weight excluding hydrogens is 594 g/mol. The zero-order valence-corrected chi connectivity index (χ0v) is 28.4. The van der Waals surface area contributed by atoms with Crippen LogP contribution in [0.5, 0.6) is 0 Å². The summed E-state index contributed by atoms with van der Waals surface area (Å²) in [4.78, 5) is 42.4. The lowest BCUT2D eigenvalue weighted by Gasteiger charge is -2.36. The number of carbonyl (C=O) groups is 3. The first-order valence-electron chi connectivity index (χ1n) is 14.7. The minimum atomic E-state index is -1.87. The van der Waals surface area contributed by atoms with E-state index >= 15 is 0 Å². The molecule has 12 heteroatoms. The maximum absolute atomic E-state index is 14.0. The van der Waals surface area contributed by atoms with Gasteiger partial charge in [0.25, 0.3) is 5.91 Å². The molecule has 3 atom stereocenters. The van der Waals surface area contributed by atoms with Gasteiger partial charge in [-0.05, 0) is 58.5 Å². The molecule has 8 nitrogen and oxygen atoms in total. The lowest BCUT2D eigenvalue weighted by molar-refractivity contribution is -0.140. The van der Waals surface area contributed by atoms with Crippen molar-refractivity contribution in [2.45, 2.75) is 103 Å². The number of aldehydes is 1. The van der Waals surface area contributed by atoms with Gasteiger partial charge in [-0.15, -0.1) is 11.3 Å². The molecule has 0 bridgehead atoms. The lowest BCUT2D eigenvalue weighted by atomic mass is 10.0. The smallest absolute Gasteiger partial charge is 0.258 e. The number of alkyl halides is 1. The Morgan fingerprint density at radius 2 is 1.91 bits per heavy atom. The number of thioether (sulfide) groups is 1. The number of carbonyl (C=O) groups excluding carboxylic acids is 3. The number of nitrogens with one attached hydrogen (secondary N) is 2. The van der Waals surface area contributed by atoms with E-state index in [1.54, 1.807) is 31.7 Å². The number of benzene rings is 1. The average Bonchev–Trinajstić information content (AvgIpc) is 3.43. The molecule has 0 spiro atoms. The number of thiazole rings is 1. The second-order valence-corrected chi connectivity index (χ2v) is 12.7. The highest BCUT2D eigenvalue weighted by Gasteiger charge is 2.53. The van der Waals surface area contributed by atoms with Crippen LogP contribution in [0.25, 0.3) is 10.4 Å². The molecule has 2 aliphatic rings. The molecule has 2 amide bonds. The highest BCUT2D eigenvalue weighted by Crippen LogP contribution is 2.40. The quantitative estimate of drug-likeness (QED) is 0.318. The maximum atomic E-state index is 14.0. The van der Waals surface area contributed by atoms with E-state index in [9.17, 15) is 28.3 Å². The van der Waals surface area contributed by atoms with Crippen LogP contribution >= 0.6 is 23.1 Å². The summed E-state index contributed by atoms with van der Waals surface area (Å²) in [6.45, 7) is 14.2. The summed E-state index contributed by atoms with van der Waals surface area (Å²) in [5.41, 5.74) is 2.34. The van der Waals surface area contributed by atoms with Crippen molar-refractivity contribution in [2.75, 3.05) is 19.8 Å². The molecule has 242 valence electrons. The first-order chi connectivity index (χ1) is 20.4. The number of rotatable bonds is 9. The molecule has 4 rings (SSSR count). The second-order valence-electron chi connectivity index (χ2n) is 10.4. The molecule has 2 unspecified atom stereocenters. The molecule has 0 radical (unpaired) electrons. The van der Waals surface area contributed by atoms with Gasteiger partial charge in [0.2, 0.25) is 5.91 Å². The minimum absolute atomic E-state index is 0.0415. The monoisotopic (exact) mass is 642 g/mol. The number of hydrogen-bond donors (Lipinski definition) is 3. The highest BCUT2D eigenvalue weighted by atomic mass is 32.2. The number of aromatic nitrogens is 1. The van der Waals surface area contributed by atoms with Gasteiger partial charge in [-0.3, -0.25) is 9.59 Å². The van der Waals surface area contributed by atoms with Crippen molar-refractivity contribution in [3.05, 3.63) is 40.8 Å². The number of hydrogen-bond acceptors (Lipinski definition) is 8. The van der Waals surface area contributed by atoms with Gasteiger partial charge in [0.15, 0.2) is 5.67 Å². The van der Waals surface area contributed by atoms with E-state index in [-0.39, 0.29) is 31.6 Å². The molecule has 1 aliphatic carbocycles. The van der Waals surface area contributed by atoms with Crippen molar-refractivity contribution in [1.29, 1.82) is 0 Å². The number of β-amino-alcohol motifs (C(OH)–C–C–N with tert-alkyl or cyclic N) is 1. The Labute approximate surface area is 263 Å². The Bertz CT molecular complexity index is 1190. The molecular formula is C31H48F2N4O4S2. The number of aliphatic hydroxyl groups is 1. The van der Waals surface area contributed by atoms with Crippen LogP contribution in [-0.2, 0) is 20.9 Å². The summed E-state index contributed by atoms with van der Waals surface area (Å²) in [7, 11) is 1.85. The van der Waals surface area contributed by atoms with Crippen LogP contribution in [0.15, 0.2) is 23.7 Å². The van der Waals surface area contributed by atoms with Gasteiger partial charge in [0.05, 0.1) is 28.2 Å². The van der Waals surface area contributed by atoms with Crippen molar-refractivity contribution in [1.82, 2.24) is 20.5 Å². The first kappa shape index (κ1) is 38.6. The zero-order chi connectivity index (χ0) is 33.0. The zero-order valence-electron chi connectivity index (χ0n) is 26.8. The van der Waals surface area contributed by atoms with Gasteiger partial charge < -0.3 is 25.4 Å². The topological polar surface area (TPSA) is 112 Å². The second kappa shape index (κ2) is 17.8. The van der Waals surface area contributed by atoms with Crippen LogP contribution in [0.1, 0.15) is 72.1 Å². The fourth-order valence-electron chi connectivity index (χ4n) is 4.26. The fraction of sp³-hybridized carbons (Fsp3) is 0.613. The summed E-state index contributed by atoms with van der Waals surface area (Å²) < 4.78 is 27.1. The van der Waals surface area contributed by atoms with Crippen LogP contribution in [-0.4, -0.2) is 81.5 Å². The molecule has 3 N–H and O–H groups in total. The van der Waals surface area contributed by atoms with E-state index in [4.69, 9.17) is 0 Å². The van der Waals surface area contributed by atoms with E-state index in [0.29, 0.717) is 18.4 Å². The number of aryl methyl sites for hydroxylation is 1. The van der Waals surface area contributed by atoms with E-state index in [1.807, 2.05) is 53.8 Å². The predicted molar refractivity (Wildman–Crippen MR) is 172 cm³/mol. The van der Waals surface area contributed by atoms with Gasteiger partial charge in [-0.25, -0.2) is 13.8 Å². The van der Waals surface area contributed by atoms with E-state index in [1.165, 1.54) is 28.0 Å². The van der Waals surface area contributed by atoms with E-state index < -0.39 is 40.4 Å². The summed E-state index contributed by atoms with van der Waals surface area (Å²) in [5.74, 6) is -1.42. The Morgan fingerprint density at radius 1 is 1.28 bits per heavy atom. The summed E-state index contributed by atoms with van der Waals surface area (Å²) in [6, 6.07) is 3.66. The third kappa shape index (κ3) is 10.3. The molecule has 1 saturated heterocycles. The third-order valence-corrected chi connectivity index (χ3v) is 9.26. The van der Waals surface area contributed by atoms with Crippen LogP contribution in [0, 0.1) is 12.7 Å². The number of amides is 2. The third-order valence-electron chi connectivity index (χ3n) is 7.01. The normalized spacial score (nSPS) is 18.9. The minimum Gasteiger partial charge on any atom is -0.391 e. The molecule has 1 saturated carbocycles. The molecule has 1 aliphatic heterocycles. The standard InChI is InChI=1S/C15H23FN2O4S.C12H13FN2S.2C2H6/c1-14(2,23-3)11(17-13(22)15(16)4-5-15)12(21)18-7-10(20)6-9(18)8-19;1-8-12(16-7-15-8)10-4-3-9(6-14-2)5-11(10)13;2*1-2/h8-11,20H,4-7H2,1-3H3,(H,17,22);3-5,7,14H,6H2,1-2H3;2*1-2H3/t9?,10-,11?;;;/m1.../s1. The first-order valence-corrected chi connectivity index (χ1v) is 16.8. The summed E-state index contributed by atoms with van der Waals surface area (Å²) in [5, 5.41) is 15.2. The molecule has 1 aromatic carbocycles. The van der Waals surface area contributed by atoms with Gasteiger partial charge in [-0.2, -0.15) is 11.8 Å². The van der Waals surface area contributed by atoms with Crippen LogP contribution in [0.2, 0.25) is 0 Å².